The Hall–Kier alpha value is -1.62. The lowest BCUT2D eigenvalue weighted by molar-refractivity contribution is -0.151. The van der Waals surface area contributed by atoms with Crippen molar-refractivity contribution in [1.29, 1.82) is 0 Å². The van der Waals surface area contributed by atoms with Gasteiger partial charge in [0.1, 0.15) is 5.82 Å². The van der Waals surface area contributed by atoms with Crippen LogP contribution in [0.3, 0.4) is 0 Å². The highest BCUT2D eigenvalue weighted by Gasteiger charge is 2.53. The number of hydrogen-bond acceptors (Lipinski definition) is 2. The van der Waals surface area contributed by atoms with Crippen molar-refractivity contribution in [2.75, 3.05) is 13.1 Å². The number of aliphatic carboxylic acids is 1. The molecule has 1 saturated carbocycles. The topological polar surface area (TPSA) is 57.6 Å². The third-order valence-corrected chi connectivity index (χ3v) is 5.95. The Morgan fingerprint density at radius 3 is 2.67 bits per heavy atom. The predicted molar refractivity (Wildman–Crippen MR) is 88.4 cm³/mol. The predicted octanol–water partition coefficient (Wildman–Crippen LogP) is 3.54. The molecule has 1 saturated heterocycles. The molecule has 2 fully saturated rings. The van der Waals surface area contributed by atoms with Crippen molar-refractivity contribution in [3.63, 3.8) is 0 Å². The highest BCUT2D eigenvalue weighted by molar-refractivity contribution is 6.31. The lowest BCUT2D eigenvalue weighted by atomic mass is 9.76. The van der Waals surface area contributed by atoms with Crippen LogP contribution < -0.4 is 0 Å². The number of carboxylic acid groups (broad SMARTS) is 1. The monoisotopic (exact) mass is 353 g/mol. The maximum Gasteiger partial charge on any atom is 0.311 e. The molecule has 0 spiro atoms. The minimum Gasteiger partial charge on any atom is -0.481 e. The molecule has 1 N–H and O–H groups in total. The van der Waals surface area contributed by atoms with Gasteiger partial charge in [-0.25, -0.2) is 4.39 Å². The molecule has 3 atom stereocenters. The first-order chi connectivity index (χ1) is 11.3. The molecule has 1 aromatic carbocycles. The van der Waals surface area contributed by atoms with Crippen LogP contribution in [-0.2, 0) is 9.59 Å². The number of carbonyl (C=O) groups is 2. The number of rotatable bonds is 4. The second-order valence-electron chi connectivity index (χ2n) is 7.21. The van der Waals surface area contributed by atoms with E-state index in [0.29, 0.717) is 30.0 Å². The number of likely N-dealkylation sites (tertiary alicyclic amines) is 1. The zero-order valence-electron chi connectivity index (χ0n) is 13.8. The molecular formula is C18H21ClFNO3. The number of nitrogens with zero attached hydrogens (tertiary/aromatic N) is 1. The molecule has 6 heteroatoms. The van der Waals surface area contributed by atoms with Gasteiger partial charge in [0.05, 0.1) is 5.41 Å². The Morgan fingerprint density at radius 1 is 1.42 bits per heavy atom. The second kappa shape index (κ2) is 6.03. The summed E-state index contributed by atoms with van der Waals surface area (Å²) in [6.07, 6.45) is 1.03. The van der Waals surface area contributed by atoms with Crippen molar-refractivity contribution in [2.45, 2.75) is 32.6 Å². The summed E-state index contributed by atoms with van der Waals surface area (Å²) in [4.78, 5) is 26.0. The summed E-state index contributed by atoms with van der Waals surface area (Å²) < 4.78 is 14.0. The Morgan fingerprint density at radius 2 is 2.12 bits per heavy atom. The molecule has 2 aliphatic rings. The summed E-state index contributed by atoms with van der Waals surface area (Å²) in [7, 11) is 0. The molecule has 1 aliphatic carbocycles. The Kier molecular flexibility index (Phi) is 4.32. The van der Waals surface area contributed by atoms with E-state index >= 15 is 0 Å². The minimum atomic E-state index is -0.879. The van der Waals surface area contributed by atoms with Crippen LogP contribution >= 0.6 is 11.6 Å². The van der Waals surface area contributed by atoms with Crippen LogP contribution in [0.5, 0.6) is 0 Å². The third-order valence-electron chi connectivity index (χ3n) is 5.62. The molecule has 4 nitrogen and oxygen atoms in total. The van der Waals surface area contributed by atoms with Crippen LogP contribution in [0.25, 0.3) is 0 Å². The molecule has 1 aromatic rings. The van der Waals surface area contributed by atoms with Crippen LogP contribution in [0.4, 0.5) is 4.39 Å². The number of halogens is 2. The van der Waals surface area contributed by atoms with Gasteiger partial charge in [-0.15, -0.1) is 0 Å². The first-order valence-corrected chi connectivity index (χ1v) is 8.62. The molecule has 3 rings (SSSR count). The van der Waals surface area contributed by atoms with Gasteiger partial charge in [-0.1, -0.05) is 31.5 Å². The number of amides is 1. The SMILES string of the molecule is CC(C)C1(C(=O)O)CCN(C(=O)C2CC2c2c(F)cccc2Cl)C1. The van der Waals surface area contributed by atoms with E-state index in [1.165, 1.54) is 6.07 Å². The first kappa shape index (κ1) is 17.2. The van der Waals surface area contributed by atoms with Gasteiger partial charge in [0.15, 0.2) is 0 Å². The van der Waals surface area contributed by atoms with E-state index < -0.39 is 11.4 Å². The van der Waals surface area contributed by atoms with Gasteiger partial charge < -0.3 is 10.0 Å². The van der Waals surface area contributed by atoms with Crippen molar-refractivity contribution in [2.24, 2.45) is 17.3 Å². The van der Waals surface area contributed by atoms with Gasteiger partial charge in [0.2, 0.25) is 5.91 Å². The molecule has 1 heterocycles. The zero-order valence-corrected chi connectivity index (χ0v) is 14.5. The van der Waals surface area contributed by atoms with Crippen LogP contribution in [0.2, 0.25) is 5.02 Å². The molecule has 0 aromatic heterocycles. The molecule has 130 valence electrons. The second-order valence-corrected chi connectivity index (χ2v) is 7.62. The Balaban J connectivity index is 1.73. The average molecular weight is 354 g/mol. The largest absolute Gasteiger partial charge is 0.481 e. The van der Waals surface area contributed by atoms with E-state index in [-0.39, 0.29) is 36.0 Å². The van der Waals surface area contributed by atoms with Crippen molar-refractivity contribution in [1.82, 2.24) is 4.90 Å². The van der Waals surface area contributed by atoms with E-state index in [4.69, 9.17) is 11.6 Å². The Bertz CT molecular complexity index is 673. The van der Waals surface area contributed by atoms with E-state index in [2.05, 4.69) is 0 Å². The minimum absolute atomic E-state index is 0.0520. The molecule has 0 bridgehead atoms. The van der Waals surface area contributed by atoms with E-state index in [1.807, 2.05) is 13.8 Å². The van der Waals surface area contributed by atoms with Crippen LogP contribution in [0.1, 0.15) is 38.2 Å². The van der Waals surface area contributed by atoms with Gasteiger partial charge in [0, 0.05) is 35.5 Å². The maximum atomic E-state index is 14.0. The molecule has 1 amide bonds. The fourth-order valence-corrected chi connectivity index (χ4v) is 4.10. The van der Waals surface area contributed by atoms with Crippen molar-refractivity contribution in [3.8, 4) is 0 Å². The van der Waals surface area contributed by atoms with E-state index in [0.717, 1.165) is 0 Å². The van der Waals surface area contributed by atoms with Crippen LogP contribution in [0, 0.1) is 23.1 Å². The smallest absolute Gasteiger partial charge is 0.311 e. The molecule has 1 aliphatic heterocycles. The van der Waals surface area contributed by atoms with Crippen LogP contribution in [-0.4, -0.2) is 35.0 Å². The molecule has 3 unspecified atom stereocenters. The third kappa shape index (κ3) is 2.69. The lowest BCUT2D eigenvalue weighted by Gasteiger charge is -2.28. The fraction of sp³-hybridized carbons (Fsp3) is 0.556. The molecular weight excluding hydrogens is 333 g/mol. The number of benzene rings is 1. The van der Waals surface area contributed by atoms with Gasteiger partial charge in [-0.3, -0.25) is 9.59 Å². The normalized spacial score (nSPS) is 29.1. The van der Waals surface area contributed by atoms with E-state index in [1.54, 1.807) is 17.0 Å². The maximum absolute atomic E-state index is 14.0. The number of carboxylic acids is 1. The number of hydrogen-bond donors (Lipinski definition) is 1. The van der Waals surface area contributed by atoms with Gasteiger partial charge in [-0.2, -0.15) is 0 Å². The van der Waals surface area contributed by atoms with Crippen LogP contribution in [0.15, 0.2) is 18.2 Å². The van der Waals surface area contributed by atoms with E-state index in [9.17, 15) is 19.1 Å². The fourth-order valence-electron chi connectivity index (χ4n) is 3.80. The van der Waals surface area contributed by atoms with Crippen molar-refractivity contribution >= 4 is 23.5 Å². The van der Waals surface area contributed by atoms with Gasteiger partial charge >= 0.3 is 5.97 Å². The standard InChI is InChI=1S/C18H21ClFNO3/c1-10(2)18(17(23)24)6-7-21(9-18)16(22)12-8-11(12)15-13(19)4-3-5-14(15)20/h3-5,10-12H,6-9H2,1-2H3,(H,23,24). The molecule has 0 radical (unpaired) electrons. The van der Waals surface area contributed by atoms with Gasteiger partial charge in [-0.05, 0) is 30.9 Å². The first-order valence-electron chi connectivity index (χ1n) is 8.24. The summed E-state index contributed by atoms with van der Waals surface area (Å²) in [5.41, 5.74) is -0.472. The zero-order chi connectivity index (χ0) is 17.6. The molecule has 24 heavy (non-hydrogen) atoms. The Labute approximate surface area is 145 Å². The highest BCUT2D eigenvalue weighted by Crippen LogP contribution is 2.52. The quantitative estimate of drug-likeness (QED) is 0.900. The van der Waals surface area contributed by atoms with Crippen molar-refractivity contribution in [3.05, 3.63) is 34.6 Å². The summed E-state index contributed by atoms with van der Waals surface area (Å²) >= 11 is 6.08. The summed E-state index contributed by atoms with van der Waals surface area (Å²) in [6, 6.07) is 4.53. The summed E-state index contributed by atoms with van der Waals surface area (Å²) in [6.45, 7) is 4.42. The highest BCUT2D eigenvalue weighted by atomic mass is 35.5. The number of carbonyl (C=O) groups excluding carboxylic acids is 1. The van der Waals surface area contributed by atoms with Gasteiger partial charge in [0.25, 0.3) is 0 Å². The summed E-state index contributed by atoms with van der Waals surface area (Å²) in [5.74, 6) is -1.86. The average Bonchev–Trinajstić information content (AvgIpc) is 3.13. The summed E-state index contributed by atoms with van der Waals surface area (Å²) in [5, 5.41) is 9.93. The van der Waals surface area contributed by atoms with Crippen molar-refractivity contribution < 1.29 is 19.1 Å². The lowest BCUT2D eigenvalue weighted by Crippen LogP contribution is -2.41.